The van der Waals surface area contributed by atoms with Crippen LogP contribution in [0.1, 0.15) is 29.2 Å². The van der Waals surface area contributed by atoms with Crippen molar-refractivity contribution < 1.29 is 23.8 Å². The molecule has 6 heteroatoms. The Kier molecular flexibility index (Phi) is 5.02. The van der Waals surface area contributed by atoms with Crippen LogP contribution in [-0.2, 0) is 11.4 Å². The third-order valence-corrected chi connectivity index (χ3v) is 5.11. The quantitative estimate of drug-likeness (QED) is 0.726. The predicted molar refractivity (Wildman–Crippen MR) is 103 cm³/mol. The van der Waals surface area contributed by atoms with Crippen molar-refractivity contribution in [2.45, 2.75) is 19.4 Å². The average Bonchev–Trinajstić information content (AvgIpc) is 3.20. The molecule has 1 aromatic heterocycles. The highest BCUT2D eigenvalue weighted by molar-refractivity contribution is 5.91. The van der Waals surface area contributed by atoms with Crippen LogP contribution in [0.15, 0.2) is 59.0 Å². The van der Waals surface area contributed by atoms with E-state index in [0.29, 0.717) is 31.7 Å². The van der Waals surface area contributed by atoms with Crippen LogP contribution in [0.25, 0.3) is 10.8 Å². The number of hydrogen-bond donors (Lipinski definition) is 1. The SMILES string of the molecule is O=C(O)C1CCN(C(=O)c2ccc(COc3ccc4ccccc4c3)o2)CC1. The first-order valence-electron chi connectivity index (χ1n) is 9.32. The number of nitrogens with zero attached hydrogens (tertiary/aromatic N) is 1. The molecule has 2 heterocycles. The summed E-state index contributed by atoms with van der Waals surface area (Å²) >= 11 is 0. The van der Waals surface area contributed by atoms with Crippen LogP contribution in [0, 0.1) is 5.92 Å². The Morgan fingerprint density at radius 1 is 1.04 bits per heavy atom. The third kappa shape index (κ3) is 3.86. The van der Waals surface area contributed by atoms with E-state index in [1.165, 1.54) is 0 Å². The molecular weight excluding hydrogens is 358 g/mol. The Labute approximate surface area is 162 Å². The van der Waals surface area contributed by atoms with Gasteiger partial charge in [-0.2, -0.15) is 0 Å². The number of carbonyl (C=O) groups is 2. The number of benzene rings is 2. The van der Waals surface area contributed by atoms with E-state index in [4.69, 9.17) is 14.3 Å². The summed E-state index contributed by atoms with van der Waals surface area (Å²) in [6.07, 6.45) is 0.944. The Bertz CT molecular complexity index is 1000. The van der Waals surface area contributed by atoms with Crippen LogP contribution < -0.4 is 4.74 Å². The standard InChI is InChI=1S/C22H21NO5/c24-21(23-11-9-16(10-12-23)22(25)26)20-8-7-19(28-20)14-27-18-6-5-15-3-1-2-4-17(15)13-18/h1-8,13,16H,9-12,14H2,(H,25,26). The average molecular weight is 379 g/mol. The zero-order valence-corrected chi connectivity index (χ0v) is 15.3. The van der Waals surface area contributed by atoms with Gasteiger partial charge >= 0.3 is 5.97 Å². The van der Waals surface area contributed by atoms with Gasteiger partial charge in [0.1, 0.15) is 18.1 Å². The Morgan fingerprint density at radius 2 is 1.79 bits per heavy atom. The number of amides is 1. The van der Waals surface area contributed by atoms with E-state index in [1.54, 1.807) is 17.0 Å². The summed E-state index contributed by atoms with van der Waals surface area (Å²) < 4.78 is 11.4. The number of hydrogen-bond acceptors (Lipinski definition) is 4. The predicted octanol–water partition coefficient (Wildman–Crippen LogP) is 3.95. The minimum absolute atomic E-state index is 0.208. The van der Waals surface area contributed by atoms with Gasteiger partial charge in [0.2, 0.25) is 0 Å². The number of fused-ring (bicyclic) bond motifs is 1. The molecule has 1 aliphatic heterocycles. The summed E-state index contributed by atoms with van der Waals surface area (Å²) in [6, 6.07) is 17.3. The van der Waals surface area contributed by atoms with Crippen LogP contribution >= 0.6 is 0 Å². The van der Waals surface area contributed by atoms with E-state index in [-0.39, 0.29) is 24.2 Å². The highest BCUT2D eigenvalue weighted by Gasteiger charge is 2.28. The van der Waals surface area contributed by atoms with Crippen LogP contribution in [0.5, 0.6) is 5.75 Å². The largest absolute Gasteiger partial charge is 0.486 e. The maximum atomic E-state index is 12.6. The van der Waals surface area contributed by atoms with Crippen molar-refractivity contribution in [1.29, 1.82) is 0 Å². The van der Waals surface area contributed by atoms with Gasteiger partial charge in [-0.1, -0.05) is 30.3 Å². The molecule has 4 rings (SSSR count). The number of furan rings is 1. The van der Waals surface area contributed by atoms with Crippen molar-refractivity contribution >= 4 is 22.6 Å². The molecule has 1 aliphatic rings. The molecule has 0 saturated carbocycles. The highest BCUT2D eigenvalue weighted by atomic mass is 16.5. The number of rotatable bonds is 5. The maximum Gasteiger partial charge on any atom is 0.306 e. The van der Waals surface area contributed by atoms with Crippen molar-refractivity contribution in [2.24, 2.45) is 5.92 Å². The molecule has 2 aromatic carbocycles. The van der Waals surface area contributed by atoms with Crippen LogP contribution in [0.4, 0.5) is 0 Å². The lowest BCUT2D eigenvalue weighted by atomic mass is 9.97. The molecule has 3 aromatic rings. The topological polar surface area (TPSA) is 80.0 Å². The zero-order valence-electron chi connectivity index (χ0n) is 15.3. The molecule has 0 radical (unpaired) electrons. The van der Waals surface area contributed by atoms with E-state index < -0.39 is 5.97 Å². The molecule has 1 amide bonds. The fourth-order valence-electron chi connectivity index (χ4n) is 3.47. The molecular formula is C22H21NO5. The fraction of sp³-hybridized carbons (Fsp3) is 0.273. The Hall–Kier alpha value is -3.28. The monoisotopic (exact) mass is 379 g/mol. The minimum Gasteiger partial charge on any atom is -0.486 e. The van der Waals surface area contributed by atoms with Gasteiger partial charge in [-0.15, -0.1) is 0 Å². The first-order chi connectivity index (χ1) is 13.6. The van der Waals surface area contributed by atoms with Crippen molar-refractivity contribution in [3.63, 3.8) is 0 Å². The fourth-order valence-corrected chi connectivity index (χ4v) is 3.47. The number of carboxylic acids is 1. The van der Waals surface area contributed by atoms with E-state index in [9.17, 15) is 9.59 Å². The Balaban J connectivity index is 1.36. The van der Waals surface area contributed by atoms with Gasteiger partial charge in [-0.3, -0.25) is 9.59 Å². The van der Waals surface area contributed by atoms with Gasteiger partial charge in [0.25, 0.3) is 5.91 Å². The molecule has 0 unspecified atom stereocenters. The second kappa shape index (κ2) is 7.76. The van der Waals surface area contributed by atoms with E-state index >= 15 is 0 Å². The van der Waals surface area contributed by atoms with E-state index in [2.05, 4.69) is 0 Å². The lowest BCUT2D eigenvalue weighted by Crippen LogP contribution is -2.40. The molecule has 1 saturated heterocycles. The van der Waals surface area contributed by atoms with Gasteiger partial charge in [-0.25, -0.2) is 0 Å². The lowest BCUT2D eigenvalue weighted by molar-refractivity contribution is -0.143. The van der Waals surface area contributed by atoms with Crippen LogP contribution in [0.2, 0.25) is 0 Å². The molecule has 0 bridgehead atoms. The van der Waals surface area contributed by atoms with Gasteiger partial charge in [-0.05, 0) is 47.9 Å². The summed E-state index contributed by atoms with van der Waals surface area (Å²) in [5.74, 6) is 0.187. The van der Waals surface area contributed by atoms with Crippen LogP contribution in [0.3, 0.4) is 0 Å². The van der Waals surface area contributed by atoms with E-state index in [0.717, 1.165) is 16.5 Å². The second-order valence-corrected chi connectivity index (χ2v) is 6.97. The van der Waals surface area contributed by atoms with Gasteiger partial charge in [0.05, 0.1) is 5.92 Å². The summed E-state index contributed by atoms with van der Waals surface area (Å²) in [7, 11) is 0. The molecule has 28 heavy (non-hydrogen) atoms. The number of carbonyl (C=O) groups excluding carboxylic acids is 1. The molecule has 0 atom stereocenters. The number of carboxylic acid groups (broad SMARTS) is 1. The van der Waals surface area contributed by atoms with Gasteiger partial charge < -0.3 is 19.2 Å². The second-order valence-electron chi connectivity index (χ2n) is 6.97. The van der Waals surface area contributed by atoms with Crippen molar-refractivity contribution in [2.75, 3.05) is 13.1 Å². The first kappa shape index (κ1) is 18.1. The molecule has 1 N–H and O–H groups in total. The number of ether oxygens (including phenoxy) is 1. The lowest BCUT2D eigenvalue weighted by Gasteiger charge is -2.29. The maximum absolute atomic E-state index is 12.6. The number of aliphatic carboxylic acids is 1. The molecule has 144 valence electrons. The molecule has 1 fully saturated rings. The van der Waals surface area contributed by atoms with Gasteiger partial charge in [0, 0.05) is 13.1 Å². The Morgan fingerprint density at radius 3 is 2.54 bits per heavy atom. The summed E-state index contributed by atoms with van der Waals surface area (Å²) in [4.78, 5) is 25.2. The van der Waals surface area contributed by atoms with Crippen molar-refractivity contribution in [3.05, 3.63) is 66.1 Å². The normalized spacial score (nSPS) is 14.9. The molecule has 6 nitrogen and oxygen atoms in total. The number of likely N-dealkylation sites (tertiary alicyclic amines) is 1. The van der Waals surface area contributed by atoms with Gasteiger partial charge in [0.15, 0.2) is 5.76 Å². The minimum atomic E-state index is -0.793. The number of piperidine rings is 1. The summed E-state index contributed by atoms with van der Waals surface area (Å²) in [5.41, 5.74) is 0. The first-order valence-corrected chi connectivity index (χ1v) is 9.32. The van der Waals surface area contributed by atoms with E-state index in [1.807, 2.05) is 42.5 Å². The summed E-state index contributed by atoms with van der Waals surface area (Å²) in [6.45, 7) is 1.09. The van der Waals surface area contributed by atoms with Crippen LogP contribution in [-0.4, -0.2) is 35.0 Å². The third-order valence-electron chi connectivity index (χ3n) is 5.11. The smallest absolute Gasteiger partial charge is 0.306 e. The molecule has 0 aliphatic carbocycles. The highest BCUT2D eigenvalue weighted by Crippen LogP contribution is 2.23. The summed E-state index contributed by atoms with van der Waals surface area (Å²) in [5, 5.41) is 11.3. The van der Waals surface area contributed by atoms with Crippen molar-refractivity contribution in [3.8, 4) is 5.75 Å². The zero-order chi connectivity index (χ0) is 19.5. The molecule has 0 spiro atoms. The van der Waals surface area contributed by atoms with Crippen molar-refractivity contribution in [1.82, 2.24) is 4.90 Å².